The lowest BCUT2D eigenvalue weighted by atomic mass is 9.98. The van der Waals surface area contributed by atoms with E-state index in [9.17, 15) is 0 Å². The van der Waals surface area contributed by atoms with Crippen molar-refractivity contribution in [3.63, 3.8) is 0 Å². The van der Waals surface area contributed by atoms with Crippen molar-refractivity contribution in [3.05, 3.63) is 23.8 Å². The molecule has 1 aromatic rings. The van der Waals surface area contributed by atoms with E-state index in [1.54, 1.807) is 7.11 Å². The maximum absolute atomic E-state index is 6.10. The topological polar surface area (TPSA) is 38.5 Å². The van der Waals surface area contributed by atoms with E-state index in [1.807, 2.05) is 0 Å². The summed E-state index contributed by atoms with van der Waals surface area (Å²) in [5.74, 6) is 0.634. The summed E-state index contributed by atoms with van der Waals surface area (Å²) in [4.78, 5) is 2.39. The third-order valence-corrected chi connectivity index (χ3v) is 3.45. The van der Waals surface area contributed by atoms with E-state index in [1.165, 1.54) is 24.1 Å². The molecule has 1 aromatic carbocycles. The second kappa shape index (κ2) is 5.41. The first kappa shape index (κ1) is 12.2. The Morgan fingerprint density at radius 3 is 3.00 bits per heavy atom. The van der Waals surface area contributed by atoms with Crippen LogP contribution in [0, 0.1) is 12.8 Å². The van der Waals surface area contributed by atoms with Crippen LogP contribution < -0.4 is 10.6 Å². The predicted octanol–water partition coefficient (Wildman–Crippen LogP) is 2.44. The van der Waals surface area contributed by atoms with Crippen molar-refractivity contribution in [2.24, 2.45) is 5.92 Å². The number of piperidine rings is 1. The number of methoxy groups -OCH3 is 1. The van der Waals surface area contributed by atoms with Crippen LogP contribution in [0.5, 0.6) is 0 Å². The fraction of sp³-hybridized carbons (Fsp3) is 0.571. The van der Waals surface area contributed by atoms with Gasteiger partial charge in [0.2, 0.25) is 0 Å². The van der Waals surface area contributed by atoms with Gasteiger partial charge < -0.3 is 15.4 Å². The van der Waals surface area contributed by atoms with Gasteiger partial charge in [0.15, 0.2) is 0 Å². The Kier molecular flexibility index (Phi) is 3.89. The third kappa shape index (κ3) is 2.91. The van der Waals surface area contributed by atoms with Crippen LogP contribution in [0.25, 0.3) is 0 Å². The second-order valence-corrected chi connectivity index (χ2v) is 4.97. The molecule has 1 fully saturated rings. The molecule has 17 heavy (non-hydrogen) atoms. The van der Waals surface area contributed by atoms with Crippen LogP contribution in [0.3, 0.4) is 0 Å². The Balaban J connectivity index is 2.10. The summed E-state index contributed by atoms with van der Waals surface area (Å²) < 4.78 is 5.26. The molecule has 0 amide bonds. The molecule has 0 bridgehead atoms. The van der Waals surface area contributed by atoms with E-state index in [-0.39, 0.29) is 0 Å². The maximum atomic E-state index is 6.10. The van der Waals surface area contributed by atoms with Crippen LogP contribution in [0.4, 0.5) is 11.4 Å². The number of rotatable bonds is 3. The molecule has 1 aliphatic rings. The zero-order chi connectivity index (χ0) is 12.3. The maximum Gasteiger partial charge on any atom is 0.0600 e. The Morgan fingerprint density at radius 1 is 1.47 bits per heavy atom. The molecule has 3 nitrogen and oxygen atoms in total. The summed E-state index contributed by atoms with van der Waals surface area (Å²) in [6, 6.07) is 6.32. The standard InChI is InChI=1S/C14H22N2O/c1-11-5-6-14(13(15)8-11)16-7-3-4-12(9-16)10-17-2/h5-6,8,12H,3-4,7,9-10,15H2,1-2H3. The van der Waals surface area contributed by atoms with E-state index in [0.29, 0.717) is 5.92 Å². The minimum absolute atomic E-state index is 0.634. The van der Waals surface area contributed by atoms with Gasteiger partial charge in [-0.2, -0.15) is 0 Å². The van der Waals surface area contributed by atoms with Crippen molar-refractivity contribution in [1.29, 1.82) is 0 Å². The van der Waals surface area contributed by atoms with Gasteiger partial charge in [0, 0.05) is 20.2 Å². The zero-order valence-electron chi connectivity index (χ0n) is 10.8. The monoisotopic (exact) mass is 234 g/mol. The molecule has 0 aromatic heterocycles. The van der Waals surface area contributed by atoms with Crippen LogP contribution in [-0.4, -0.2) is 26.8 Å². The molecule has 1 saturated heterocycles. The van der Waals surface area contributed by atoms with Gasteiger partial charge in [0.1, 0.15) is 0 Å². The molecule has 1 aliphatic heterocycles. The molecule has 1 heterocycles. The van der Waals surface area contributed by atoms with Crippen molar-refractivity contribution in [3.8, 4) is 0 Å². The molecular formula is C14H22N2O. The molecular weight excluding hydrogens is 212 g/mol. The lowest BCUT2D eigenvalue weighted by molar-refractivity contribution is 0.143. The first-order chi connectivity index (χ1) is 8.20. The average Bonchev–Trinajstić information content (AvgIpc) is 2.29. The molecule has 0 aliphatic carbocycles. The molecule has 0 saturated carbocycles. The number of ether oxygens (including phenoxy) is 1. The van der Waals surface area contributed by atoms with Crippen LogP contribution in [0.2, 0.25) is 0 Å². The highest BCUT2D eigenvalue weighted by atomic mass is 16.5. The Bertz CT molecular complexity index is 376. The number of anilines is 2. The van der Waals surface area contributed by atoms with Gasteiger partial charge in [-0.1, -0.05) is 6.07 Å². The molecule has 3 heteroatoms. The summed E-state index contributed by atoms with van der Waals surface area (Å²) in [5, 5.41) is 0. The van der Waals surface area contributed by atoms with Crippen molar-refractivity contribution >= 4 is 11.4 Å². The molecule has 94 valence electrons. The normalized spacial score (nSPS) is 20.6. The van der Waals surface area contributed by atoms with Gasteiger partial charge in [-0.25, -0.2) is 0 Å². The van der Waals surface area contributed by atoms with E-state index in [4.69, 9.17) is 10.5 Å². The van der Waals surface area contributed by atoms with E-state index >= 15 is 0 Å². The lowest BCUT2D eigenvalue weighted by Crippen LogP contribution is -2.37. The first-order valence-electron chi connectivity index (χ1n) is 6.30. The van der Waals surface area contributed by atoms with Crippen molar-refractivity contribution < 1.29 is 4.74 Å². The summed E-state index contributed by atoms with van der Waals surface area (Å²) >= 11 is 0. The number of hydrogen-bond donors (Lipinski definition) is 1. The average molecular weight is 234 g/mol. The highest BCUT2D eigenvalue weighted by Crippen LogP contribution is 2.28. The van der Waals surface area contributed by atoms with E-state index in [0.717, 1.165) is 25.4 Å². The van der Waals surface area contributed by atoms with Gasteiger partial charge in [-0.3, -0.25) is 0 Å². The van der Waals surface area contributed by atoms with Gasteiger partial charge in [-0.15, -0.1) is 0 Å². The van der Waals surface area contributed by atoms with Crippen LogP contribution in [0.15, 0.2) is 18.2 Å². The zero-order valence-corrected chi connectivity index (χ0v) is 10.8. The summed E-state index contributed by atoms with van der Waals surface area (Å²) in [6.45, 7) is 5.08. The third-order valence-electron chi connectivity index (χ3n) is 3.45. The minimum atomic E-state index is 0.634. The van der Waals surface area contributed by atoms with Gasteiger partial charge in [0.05, 0.1) is 18.0 Å². The van der Waals surface area contributed by atoms with E-state index in [2.05, 4.69) is 30.0 Å². The van der Waals surface area contributed by atoms with Crippen molar-refractivity contribution in [1.82, 2.24) is 0 Å². The highest BCUT2D eigenvalue weighted by molar-refractivity contribution is 5.68. The molecule has 2 N–H and O–H groups in total. The van der Waals surface area contributed by atoms with Gasteiger partial charge >= 0.3 is 0 Å². The number of nitrogen functional groups attached to an aromatic ring is 1. The Hall–Kier alpha value is -1.22. The van der Waals surface area contributed by atoms with E-state index < -0.39 is 0 Å². The minimum Gasteiger partial charge on any atom is -0.397 e. The molecule has 1 unspecified atom stereocenters. The highest BCUT2D eigenvalue weighted by Gasteiger charge is 2.21. The number of nitrogens with zero attached hydrogens (tertiary/aromatic N) is 1. The first-order valence-corrected chi connectivity index (χ1v) is 6.30. The second-order valence-electron chi connectivity index (χ2n) is 4.97. The molecule has 0 spiro atoms. The largest absolute Gasteiger partial charge is 0.397 e. The lowest BCUT2D eigenvalue weighted by Gasteiger charge is -2.34. The fourth-order valence-corrected chi connectivity index (χ4v) is 2.62. The molecule has 2 rings (SSSR count). The predicted molar refractivity (Wildman–Crippen MR) is 72.4 cm³/mol. The van der Waals surface area contributed by atoms with Crippen LogP contribution in [0.1, 0.15) is 18.4 Å². The summed E-state index contributed by atoms with van der Waals surface area (Å²) in [5.41, 5.74) is 9.39. The van der Waals surface area contributed by atoms with Crippen molar-refractivity contribution in [2.45, 2.75) is 19.8 Å². The quantitative estimate of drug-likeness (QED) is 0.816. The summed E-state index contributed by atoms with van der Waals surface area (Å²) in [6.07, 6.45) is 2.48. The smallest absolute Gasteiger partial charge is 0.0600 e. The number of nitrogens with two attached hydrogens (primary N) is 1. The molecule has 0 radical (unpaired) electrons. The van der Waals surface area contributed by atoms with Gasteiger partial charge in [-0.05, 0) is 43.4 Å². The fourth-order valence-electron chi connectivity index (χ4n) is 2.62. The molecule has 1 atom stereocenters. The van der Waals surface area contributed by atoms with Gasteiger partial charge in [0.25, 0.3) is 0 Å². The number of aryl methyl sites for hydroxylation is 1. The summed E-state index contributed by atoms with van der Waals surface area (Å²) in [7, 11) is 1.78. The number of benzene rings is 1. The van der Waals surface area contributed by atoms with Crippen LogP contribution >= 0.6 is 0 Å². The Labute approximate surface area is 104 Å². The SMILES string of the molecule is COCC1CCCN(c2ccc(C)cc2N)C1. The number of hydrogen-bond acceptors (Lipinski definition) is 3. The van der Waals surface area contributed by atoms with Crippen molar-refractivity contribution in [2.75, 3.05) is 37.4 Å². The van der Waals surface area contributed by atoms with Crippen LogP contribution in [-0.2, 0) is 4.74 Å². The Morgan fingerprint density at radius 2 is 2.29 bits per heavy atom.